The molecule has 5 rings (SSSR count). The van der Waals surface area contributed by atoms with Crippen LogP contribution in [0.3, 0.4) is 0 Å². The lowest BCUT2D eigenvalue weighted by Crippen LogP contribution is -2.61. The van der Waals surface area contributed by atoms with Crippen molar-refractivity contribution in [1.29, 1.82) is 0 Å². The molecule has 6 nitrogen and oxygen atoms in total. The van der Waals surface area contributed by atoms with Crippen LogP contribution < -0.4 is 4.90 Å². The second-order valence-corrected chi connectivity index (χ2v) is 8.88. The maximum Gasteiger partial charge on any atom is 0.245 e. The minimum Gasteiger partial charge on any atom is -0.380 e. The molecular weight excluding hydrogens is 405 g/mol. The van der Waals surface area contributed by atoms with Crippen LogP contribution in [0.5, 0.6) is 0 Å². The molecule has 7 heteroatoms. The normalized spacial score (nSPS) is 17.3. The first-order valence-electron chi connectivity index (χ1n) is 10.8. The van der Waals surface area contributed by atoms with Crippen molar-refractivity contribution in [3.63, 3.8) is 0 Å². The van der Waals surface area contributed by atoms with Crippen LogP contribution in [0.25, 0.3) is 26.9 Å². The molecule has 2 aromatic carbocycles. The van der Waals surface area contributed by atoms with Gasteiger partial charge in [-0.15, -0.1) is 0 Å². The first-order valence-corrected chi connectivity index (χ1v) is 10.8. The summed E-state index contributed by atoms with van der Waals surface area (Å²) < 4.78 is 15.2. The number of aryl methyl sites for hydroxylation is 1. The molecule has 1 spiro atoms. The van der Waals surface area contributed by atoms with E-state index in [-0.39, 0.29) is 11.3 Å². The zero-order chi connectivity index (χ0) is 22.5. The van der Waals surface area contributed by atoms with Gasteiger partial charge in [0.15, 0.2) is 0 Å². The molecule has 2 saturated heterocycles. The van der Waals surface area contributed by atoms with Gasteiger partial charge in [-0.3, -0.25) is 9.89 Å². The quantitative estimate of drug-likeness (QED) is 0.479. The van der Waals surface area contributed by atoms with Gasteiger partial charge in [-0.1, -0.05) is 12.6 Å². The molecule has 32 heavy (non-hydrogen) atoms. The van der Waals surface area contributed by atoms with Crippen molar-refractivity contribution >= 4 is 28.2 Å². The number of hydrogen-bond donors (Lipinski definition) is 1. The lowest BCUT2D eigenvalue weighted by atomic mass is 9.72. The Morgan fingerprint density at radius 2 is 2.00 bits per heavy atom. The highest BCUT2D eigenvalue weighted by Crippen LogP contribution is 2.47. The highest BCUT2D eigenvalue weighted by Gasteiger charge is 2.46. The standard InChI is InChI=1S/C25H24FN5O/c1-4-21(32)31-14-25(15-31)9-11-30(12-10-25)20-8-6-18(26)23(24(20)27-3)22-16(2)5-7-19-17(22)13-28-29-19/h4-8,13H,1,9-12,14-15H2,2H3,(H,28,29). The Morgan fingerprint density at radius 1 is 1.25 bits per heavy atom. The third-order valence-corrected chi connectivity index (χ3v) is 7.00. The van der Waals surface area contributed by atoms with Crippen LogP contribution in [0.1, 0.15) is 18.4 Å². The van der Waals surface area contributed by atoms with Crippen molar-refractivity contribution in [3.8, 4) is 11.1 Å². The molecular formula is C25H24FN5O. The van der Waals surface area contributed by atoms with Crippen LogP contribution in [0.15, 0.2) is 43.1 Å². The molecule has 2 aliphatic heterocycles. The van der Waals surface area contributed by atoms with Crippen LogP contribution in [0.2, 0.25) is 0 Å². The zero-order valence-electron chi connectivity index (χ0n) is 18.0. The largest absolute Gasteiger partial charge is 0.380 e. The first-order chi connectivity index (χ1) is 15.5. The van der Waals surface area contributed by atoms with Crippen molar-refractivity contribution in [1.82, 2.24) is 15.1 Å². The molecule has 1 N–H and O–H groups in total. The van der Waals surface area contributed by atoms with Gasteiger partial charge in [0.25, 0.3) is 0 Å². The van der Waals surface area contributed by atoms with Gasteiger partial charge in [-0.05, 0) is 55.2 Å². The number of fused-ring (bicyclic) bond motifs is 1. The van der Waals surface area contributed by atoms with E-state index in [1.54, 1.807) is 12.3 Å². The number of amides is 1. The van der Waals surface area contributed by atoms with Gasteiger partial charge in [0.05, 0.1) is 18.3 Å². The van der Waals surface area contributed by atoms with Gasteiger partial charge >= 0.3 is 0 Å². The minimum atomic E-state index is -0.400. The fourth-order valence-electron chi connectivity index (χ4n) is 5.21. The Labute approximate surface area is 186 Å². The number of benzene rings is 2. The number of aromatic amines is 1. The Hall–Kier alpha value is -3.66. The average molecular weight is 429 g/mol. The SMILES string of the molecule is [C-]#[N+]c1c(N2CCC3(CC2)CN(C(=O)C=C)C3)ccc(F)c1-c1c(C)ccc2[nH]ncc12. The molecule has 1 aromatic heterocycles. The molecule has 0 saturated carbocycles. The summed E-state index contributed by atoms with van der Waals surface area (Å²) >= 11 is 0. The topological polar surface area (TPSA) is 56.6 Å². The van der Waals surface area contributed by atoms with Gasteiger partial charge in [0, 0.05) is 48.2 Å². The van der Waals surface area contributed by atoms with E-state index in [1.165, 1.54) is 12.1 Å². The number of aromatic nitrogens is 2. The monoisotopic (exact) mass is 429 g/mol. The highest BCUT2D eigenvalue weighted by molar-refractivity contribution is 6.02. The van der Waals surface area contributed by atoms with Crippen molar-refractivity contribution in [2.24, 2.45) is 5.41 Å². The third-order valence-electron chi connectivity index (χ3n) is 7.00. The summed E-state index contributed by atoms with van der Waals surface area (Å²) in [5.74, 6) is -0.414. The van der Waals surface area contributed by atoms with Gasteiger partial charge in [-0.25, -0.2) is 9.24 Å². The van der Waals surface area contributed by atoms with Crippen molar-refractivity contribution in [2.45, 2.75) is 19.8 Å². The summed E-state index contributed by atoms with van der Waals surface area (Å²) in [6.45, 7) is 16.5. The molecule has 0 unspecified atom stereocenters. The number of carbonyl (C=O) groups is 1. The number of piperidine rings is 1. The summed E-state index contributed by atoms with van der Waals surface area (Å²) in [5.41, 5.74) is 4.03. The lowest BCUT2D eigenvalue weighted by Gasteiger charge is -2.54. The average Bonchev–Trinajstić information content (AvgIpc) is 3.26. The highest BCUT2D eigenvalue weighted by atomic mass is 19.1. The first kappa shape index (κ1) is 20.3. The number of nitrogens with zero attached hydrogens (tertiary/aromatic N) is 4. The number of rotatable bonds is 3. The summed E-state index contributed by atoms with van der Waals surface area (Å²) in [6.07, 6.45) is 4.94. The molecule has 3 heterocycles. The number of halogens is 1. The summed E-state index contributed by atoms with van der Waals surface area (Å²) in [7, 11) is 0. The molecule has 0 radical (unpaired) electrons. The second kappa shape index (κ2) is 7.49. The lowest BCUT2D eigenvalue weighted by molar-refractivity contribution is -0.139. The van der Waals surface area contributed by atoms with E-state index in [0.29, 0.717) is 16.8 Å². The Balaban J connectivity index is 1.48. The number of anilines is 1. The molecule has 2 fully saturated rings. The van der Waals surface area contributed by atoms with Gasteiger partial charge in [0.2, 0.25) is 11.6 Å². The van der Waals surface area contributed by atoms with Gasteiger partial charge in [0.1, 0.15) is 5.82 Å². The fourth-order valence-corrected chi connectivity index (χ4v) is 5.21. The minimum absolute atomic E-state index is 0.0136. The maximum atomic E-state index is 15.2. The molecule has 0 bridgehead atoms. The predicted octanol–water partition coefficient (Wildman–Crippen LogP) is 4.84. The maximum absolute atomic E-state index is 15.2. The van der Waals surface area contributed by atoms with Crippen LogP contribution >= 0.6 is 0 Å². The molecule has 2 aliphatic rings. The van der Waals surface area contributed by atoms with E-state index in [2.05, 4.69) is 26.5 Å². The zero-order valence-corrected chi connectivity index (χ0v) is 18.0. The van der Waals surface area contributed by atoms with Crippen molar-refractivity contribution < 1.29 is 9.18 Å². The van der Waals surface area contributed by atoms with E-state index in [0.717, 1.165) is 61.2 Å². The summed E-state index contributed by atoms with van der Waals surface area (Å²) in [5, 5.41) is 7.86. The van der Waals surface area contributed by atoms with E-state index >= 15 is 4.39 Å². The van der Waals surface area contributed by atoms with E-state index in [1.807, 2.05) is 24.0 Å². The third kappa shape index (κ3) is 3.06. The number of hydrogen-bond acceptors (Lipinski definition) is 3. The van der Waals surface area contributed by atoms with Crippen molar-refractivity contribution in [3.05, 3.63) is 65.9 Å². The molecule has 3 aromatic rings. The van der Waals surface area contributed by atoms with Gasteiger partial charge in [-0.2, -0.15) is 5.10 Å². The second-order valence-electron chi connectivity index (χ2n) is 8.88. The Morgan fingerprint density at radius 3 is 2.69 bits per heavy atom. The van der Waals surface area contributed by atoms with E-state index in [4.69, 9.17) is 6.57 Å². The molecule has 1 amide bonds. The van der Waals surface area contributed by atoms with Crippen LogP contribution in [0, 0.1) is 24.7 Å². The van der Waals surface area contributed by atoms with Crippen LogP contribution in [-0.2, 0) is 4.79 Å². The Kier molecular flexibility index (Phi) is 4.74. The van der Waals surface area contributed by atoms with E-state index < -0.39 is 5.82 Å². The molecule has 162 valence electrons. The Bertz CT molecular complexity index is 1270. The van der Waals surface area contributed by atoms with Crippen LogP contribution in [-0.4, -0.2) is 47.2 Å². The molecule has 0 atom stereocenters. The summed E-state index contributed by atoms with van der Waals surface area (Å²) in [4.78, 5) is 19.6. The molecule has 0 aliphatic carbocycles. The van der Waals surface area contributed by atoms with Crippen molar-refractivity contribution in [2.75, 3.05) is 31.1 Å². The number of likely N-dealkylation sites (tertiary alicyclic amines) is 1. The smallest absolute Gasteiger partial charge is 0.245 e. The fraction of sp³-hybridized carbons (Fsp3) is 0.320. The van der Waals surface area contributed by atoms with Gasteiger partial charge < -0.3 is 9.80 Å². The number of nitrogens with one attached hydrogen (secondary N) is 1. The number of carbonyl (C=O) groups excluding carboxylic acids is 1. The summed E-state index contributed by atoms with van der Waals surface area (Å²) in [6, 6.07) is 7.04. The number of H-pyrrole nitrogens is 1. The van der Waals surface area contributed by atoms with Crippen LogP contribution in [0.4, 0.5) is 15.8 Å². The predicted molar refractivity (Wildman–Crippen MR) is 123 cm³/mol. The van der Waals surface area contributed by atoms with E-state index in [9.17, 15) is 4.79 Å².